The van der Waals surface area contributed by atoms with E-state index in [-0.39, 0.29) is 44.2 Å². The Morgan fingerprint density at radius 1 is 1.15 bits per heavy atom. The average Bonchev–Trinajstić information content (AvgIpc) is 2.60. The molecule has 1 nitrogen and oxygen atoms in total. The van der Waals surface area contributed by atoms with Crippen LogP contribution < -0.4 is 24.8 Å². The van der Waals surface area contributed by atoms with Gasteiger partial charge >= 0.3 is 77.2 Å². The molecule has 2 rings (SSSR count). The van der Waals surface area contributed by atoms with Crippen LogP contribution in [0.5, 0.6) is 0 Å². The predicted octanol–water partition coefficient (Wildman–Crippen LogP) is -4.07. The van der Waals surface area contributed by atoms with Crippen LogP contribution >= 0.6 is 0 Å². The van der Waals surface area contributed by atoms with Crippen LogP contribution in [0.3, 0.4) is 0 Å². The third-order valence-electron chi connectivity index (χ3n) is 2.18. The summed E-state index contributed by atoms with van der Waals surface area (Å²) in [6, 6.07) is 0. The third-order valence-corrected chi connectivity index (χ3v) is 4.40. The van der Waals surface area contributed by atoms with Gasteiger partial charge in [-0.25, -0.2) is 0 Å². The second kappa shape index (κ2) is 7.08. The molecular formula is C9H13Cl2NTi. The van der Waals surface area contributed by atoms with E-state index in [9.17, 15) is 0 Å². The first-order valence-electron chi connectivity index (χ1n) is 4.32. The van der Waals surface area contributed by atoms with Crippen LogP contribution in [0.4, 0.5) is 0 Å². The van der Waals surface area contributed by atoms with Crippen molar-refractivity contribution in [3.63, 3.8) is 0 Å². The summed E-state index contributed by atoms with van der Waals surface area (Å²) in [4.78, 5) is 0. The van der Waals surface area contributed by atoms with Crippen molar-refractivity contribution in [2.24, 2.45) is 0 Å². The second-order valence-corrected chi connectivity index (χ2v) is 5.47. The van der Waals surface area contributed by atoms with Crippen molar-refractivity contribution in [1.82, 2.24) is 3.38 Å². The van der Waals surface area contributed by atoms with Gasteiger partial charge in [0.25, 0.3) is 0 Å². The van der Waals surface area contributed by atoms with Gasteiger partial charge in [-0.1, -0.05) is 0 Å². The molecule has 0 bridgehead atoms. The molecule has 0 unspecified atom stereocenters. The topological polar surface area (TPSA) is 3.24 Å². The van der Waals surface area contributed by atoms with Gasteiger partial charge < -0.3 is 24.8 Å². The Morgan fingerprint density at radius 3 is 2.38 bits per heavy atom. The molecule has 0 aromatic heterocycles. The van der Waals surface area contributed by atoms with Crippen molar-refractivity contribution in [2.45, 2.75) is 19.3 Å². The predicted molar refractivity (Wildman–Crippen MR) is 42.6 cm³/mol. The summed E-state index contributed by atoms with van der Waals surface area (Å²) < 4.78 is 4.39. The first kappa shape index (κ1) is 13.7. The normalized spacial score (nSPS) is 20.2. The van der Waals surface area contributed by atoms with E-state index in [1.165, 1.54) is 32.4 Å². The van der Waals surface area contributed by atoms with Crippen LogP contribution in [0.15, 0.2) is 22.1 Å². The first-order valence-corrected chi connectivity index (χ1v) is 5.80. The monoisotopic (exact) mass is 253 g/mol. The summed E-state index contributed by atoms with van der Waals surface area (Å²) in [5.74, 6) is 0. The maximum absolute atomic E-state index is 2.68. The molecule has 0 spiro atoms. The molecule has 1 aliphatic carbocycles. The molecule has 4 heteroatoms. The number of hydrogen-bond donors (Lipinski definition) is 0. The van der Waals surface area contributed by atoms with E-state index >= 15 is 0 Å². The number of rotatable bonds is 2. The summed E-state index contributed by atoms with van der Waals surface area (Å²) in [6.45, 7) is 2.74. The molecule has 2 aliphatic rings. The molecule has 0 atom stereocenters. The van der Waals surface area contributed by atoms with Gasteiger partial charge in [-0.2, -0.15) is 0 Å². The van der Waals surface area contributed by atoms with Gasteiger partial charge in [0.2, 0.25) is 0 Å². The molecule has 0 saturated carbocycles. The molecule has 1 heterocycles. The Balaban J connectivity index is 0.000000720. The summed E-state index contributed by atoms with van der Waals surface area (Å²) in [6.07, 6.45) is 10.9. The van der Waals surface area contributed by atoms with Gasteiger partial charge in [-0.3, -0.25) is 0 Å². The van der Waals surface area contributed by atoms with Crippen LogP contribution in [-0.4, -0.2) is 16.5 Å². The number of hydrogen-bond acceptors (Lipinski definition) is 1. The summed E-state index contributed by atoms with van der Waals surface area (Å²) >= 11 is 0.118. The molecule has 0 aromatic rings. The fourth-order valence-electron chi connectivity index (χ4n) is 1.56. The average molecular weight is 254 g/mol. The van der Waals surface area contributed by atoms with Crippen molar-refractivity contribution in [3.8, 4) is 0 Å². The minimum atomic E-state index is 0. The Bertz CT molecular complexity index is 198. The molecule has 0 amide bonds. The number of nitrogens with zero attached hydrogens (tertiary/aromatic N) is 1. The van der Waals surface area contributed by atoms with Gasteiger partial charge in [-0.15, -0.1) is 0 Å². The molecule has 0 aromatic carbocycles. The van der Waals surface area contributed by atoms with Crippen molar-refractivity contribution in [2.75, 3.05) is 13.1 Å². The summed E-state index contributed by atoms with van der Waals surface area (Å²) in [5, 5.41) is 0. The third kappa shape index (κ3) is 4.18. The van der Waals surface area contributed by atoms with E-state index in [2.05, 4.69) is 21.6 Å². The minimum absolute atomic E-state index is 0. The molecule has 1 aliphatic heterocycles. The van der Waals surface area contributed by atoms with Gasteiger partial charge in [0.15, 0.2) is 0 Å². The fraction of sp³-hybridized carbons (Fsp3) is 0.556. The van der Waals surface area contributed by atoms with Gasteiger partial charge in [0.05, 0.1) is 0 Å². The minimum Gasteiger partial charge on any atom is -1.00 e. The van der Waals surface area contributed by atoms with E-state index in [4.69, 9.17) is 0 Å². The molecular weight excluding hydrogens is 241 g/mol. The molecule has 1 saturated heterocycles. The summed E-state index contributed by atoms with van der Waals surface area (Å²) in [7, 11) is 0. The smallest absolute Gasteiger partial charge is 1.00 e. The van der Waals surface area contributed by atoms with Gasteiger partial charge in [-0.05, 0) is 0 Å². The Labute approximate surface area is 102 Å². The van der Waals surface area contributed by atoms with Crippen LogP contribution in [-0.2, 0) is 19.4 Å². The van der Waals surface area contributed by atoms with E-state index in [0.29, 0.717) is 0 Å². The van der Waals surface area contributed by atoms with E-state index in [1.807, 2.05) is 0 Å². The quantitative estimate of drug-likeness (QED) is 0.453. The van der Waals surface area contributed by atoms with E-state index < -0.39 is 0 Å². The van der Waals surface area contributed by atoms with Crippen molar-refractivity contribution >= 4 is 0 Å². The SMILES string of the molecule is C1=CC[C]([Ti+2][N]2CCCC2)=C1.[Cl-].[Cl-]. The van der Waals surface area contributed by atoms with Crippen LogP contribution in [0.1, 0.15) is 19.3 Å². The maximum Gasteiger partial charge on any atom is -1.00 e. The van der Waals surface area contributed by atoms with Crippen LogP contribution in [0.2, 0.25) is 0 Å². The van der Waals surface area contributed by atoms with Crippen molar-refractivity contribution in [3.05, 3.63) is 22.1 Å². The molecule has 1 fully saturated rings. The first-order chi connectivity index (χ1) is 5.45. The molecule has 0 N–H and O–H groups in total. The van der Waals surface area contributed by atoms with Gasteiger partial charge in [0, 0.05) is 0 Å². The van der Waals surface area contributed by atoms with Crippen molar-refractivity contribution < 1.29 is 44.2 Å². The Kier molecular flexibility index (Phi) is 7.48. The van der Waals surface area contributed by atoms with Crippen molar-refractivity contribution in [1.29, 1.82) is 0 Å². The standard InChI is InChI=1S/C5H5.C4H8N.2ClH.Ti/c2*1-2-4-5-3-1;;;/h1-3H,4H2;1-4H2;2*1H;/q;-1;;;+3/p-2. The maximum atomic E-state index is 2.68. The zero-order chi connectivity index (χ0) is 7.52. The van der Waals surface area contributed by atoms with Gasteiger partial charge in [0.1, 0.15) is 0 Å². The zero-order valence-corrected chi connectivity index (χ0v) is 10.5. The molecule has 0 radical (unpaired) electrons. The number of allylic oxidation sites excluding steroid dienone is 4. The number of halogens is 2. The Morgan fingerprint density at radius 2 is 1.85 bits per heavy atom. The molecule has 13 heavy (non-hydrogen) atoms. The van der Waals surface area contributed by atoms with E-state index in [1.54, 1.807) is 3.88 Å². The molecule has 72 valence electrons. The van der Waals surface area contributed by atoms with Crippen LogP contribution in [0.25, 0.3) is 0 Å². The largest absolute Gasteiger partial charge is 1.00 e. The van der Waals surface area contributed by atoms with E-state index in [0.717, 1.165) is 0 Å². The van der Waals surface area contributed by atoms with Crippen LogP contribution in [0, 0.1) is 0 Å². The summed E-state index contributed by atoms with van der Waals surface area (Å²) in [5.41, 5.74) is 0. The second-order valence-electron chi connectivity index (χ2n) is 3.13. The zero-order valence-electron chi connectivity index (χ0n) is 7.47. The Hall–Kier alpha value is 0.734. The fourth-order valence-corrected chi connectivity index (χ4v) is 3.63.